The van der Waals surface area contributed by atoms with Crippen LogP contribution in [0.2, 0.25) is 0 Å². The summed E-state index contributed by atoms with van der Waals surface area (Å²) < 4.78 is 2.41. The van der Waals surface area contributed by atoms with Crippen LogP contribution in [0.25, 0.3) is 5.69 Å². The van der Waals surface area contributed by atoms with Crippen LogP contribution >= 0.6 is 0 Å². The van der Waals surface area contributed by atoms with Crippen molar-refractivity contribution >= 4 is 0 Å². The zero-order valence-corrected chi connectivity index (χ0v) is 10.8. The first-order valence-electron chi connectivity index (χ1n) is 5.81. The van der Waals surface area contributed by atoms with Gasteiger partial charge in [-0.05, 0) is 25.5 Å². The second-order valence-corrected chi connectivity index (χ2v) is 4.35. The summed E-state index contributed by atoms with van der Waals surface area (Å²) in [7, 11) is 0. The monoisotopic (exact) mass is 255 g/mol. The Labute approximate surface area is 110 Å². The van der Waals surface area contributed by atoms with Gasteiger partial charge in [0, 0.05) is 12.4 Å². The minimum Gasteiger partial charge on any atom is -0.295 e. The molecule has 0 amide bonds. The molecule has 0 saturated carbocycles. The number of hydrogen-bond acceptors (Lipinski definition) is 3. The molecule has 0 saturated heterocycles. The van der Waals surface area contributed by atoms with Crippen molar-refractivity contribution in [2.24, 2.45) is 0 Å². The number of aromatic nitrogens is 2. The molecule has 19 heavy (non-hydrogen) atoms. The number of hydrogen-bond donors (Lipinski definition) is 0. The maximum absolute atomic E-state index is 12.0. The fourth-order valence-electron chi connectivity index (χ4n) is 1.97. The molecule has 5 heteroatoms. The van der Waals surface area contributed by atoms with E-state index in [0.717, 1.165) is 15.7 Å². The van der Waals surface area contributed by atoms with Gasteiger partial charge in [0.25, 0.3) is 0 Å². The quantitative estimate of drug-likeness (QED) is 0.756. The van der Waals surface area contributed by atoms with Crippen molar-refractivity contribution in [2.75, 3.05) is 0 Å². The summed E-state index contributed by atoms with van der Waals surface area (Å²) in [5, 5.41) is 8.58. The predicted octanol–water partition coefficient (Wildman–Crippen LogP) is 1.14. The SMILES string of the molecule is Cc1ccc(-n2ccn(CC#N)c(=O)c2=O)c(C)c1. The fourth-order valence-corrected chi connectivity index (χ4v) is 1.97. The van der Waals surface area contributed by atoms with Gasteiger partial charge in [0.1, 0.15) is 6.54 Å². The van der Waals surface area contributed by atoms with Crippen molar-refractivity contribution in [3.05, 3.63) is 62.4 Å². The minimum atomic E-state index is -0.691. The van der Waals surface area contributed by atoms with Crippen molar-refractivity contribution in [1.29, 1.82) is 5.26 Å². The largest absolute Gasteiger partial charge is 0.321 e. The third kappa shape index (κ3) is 2.33. The van der Waals surface area contributed by atoms with Gasteiger partial charge in [-0.15, -0.1) is 0 Å². The molecule has 0 unspecified atom stereocenters. The van der Waals surface area contributed by atoms with Crippen molar-refractivity contribution in [3.63, 3.8) is 0 Å². The Kier molecular flexibility index (Phi) is 3.34. The number of benzene rings is 1. The van der Waals surface area contributed by atoms with E-state index in [4.69, 9.17) is 5.26 Å². The van der Waals surface area contributed by atoms with E-state index < -0.39 is 11.1 Å². The average molecular weight is 255 g/mol. The summed E-state index contributed by atoms with van der Waals surface area (Å²) in [6.45, 7) is 3.72. The number of nitrogens with zero attached hydrogens (tertiary/aromatic N) is 3. The van der Waals surface area contributed by atoms with E-state index in [9.17, 15) is 9.59 Å². The highest BCUT2D eigenvalue weighted by Gasteiger charge is 2.08. The summed E-state index contributed by atoms with van der Waals surface area (Å²) in [6, 6.07) is 7.48. The Morgan fingerprint density at radius 3 is 2.53 bits per heavy atom. The summed E-state index contributed by atoms with van der Waals surface area (Å²) in [4.78, 5) is 23.8. The van der Waals surface area contributed by atoms with Crippen LogP contribution in [0.3, 0.4) is 0 Å². The van der Waals surface area contributed by atoms with E-state index in [1.165, 1.54) is 17.0 Å². The number of nitriles is 1. The van der Waals surface area contributed by atoms with Crippen LogP contribution in [-0.4, -0.2) is 9.13 Å². The van der Waals surface area contributed by atoms with Gasteiger partial charge >= 0.3 is 11.1 Å². The Balaban J connectivity index is 2.65. The van der Waals surface area contributed by atoms with Gasteiger partial charge in [-0.3, -0.25) is 18.7 Å². The first-order valence-corrected chi connectivity index (χ1v) is 5.81. The summed E-state index contributed by atoms with van der Waals surface area (Å²) >= 11 is 0. The zero-order chi connectivity index (χ0) is 14.0. The van der Waals surface area contributed by atoms with Crippen LogP contribution in [0.5, 0.6) is 0 Å². The Hall–Kier alpha value is -2.61. The molecule has 0 aliphatic heterocycles. The van der Waals surface area contributed by atoms with Gasteiger partial charge < -0.3 is 0 Å². The second kappa shape index (κ2) is 4.94. The van der Waals surface area contributed by atoms with Gasteiger partial charge in [0.2, 0.25) is 0 Å². The topological polar surface area (TPSA) is 67.8 Å². The molecule has 2 rings (SSSR count). The molecule has 0 bridgehead atoms. The lowest BCUT2D eigenvalue weighted by Gasteiger charge is -2.10. The fraction of sp³-hybridized carbons (Fsp3) is 0.214. The molecule has 0 radical (unpaired) electrons. The van der Waals surface area contributed by atoms with E-state index in [2.05, 4.69) is 0 Å². The lowest BCUT2D eigenvalue weighted by molar-refractivity contribution is 0.738. The molecule has 1 heterocycles. The van der Waals surface area contributed by atoms with Crippen molar-refractivity contribution in [1.82, 2.24) is 9.13 Å². The van der Waals surface area contributed by atoms with E-state index in [1.54, 1.807) is 6.07 Å². The van der Waals surface area contributed by atoms with Crippen LogP contribution in [0, 0.1) is 25.2 Å². The number of rotatable bonds is 2. The maximum Gasteiger partial charge on any atom is 0.321 e. The summed E-state index contributed by atoms with van der Waals surface area (Å²) in [5.74, 6) is 0. The Bertz CT molecular complexity index is 778. The van der Waals surface area contributed by atoms with Gasteiger partial charge in [-0.2, -0.15) is 5.26 Å². The van der Waals surface area contributed by atoms with E-state index in [-0.39, 0.29) is 6.54 Å². The molecule has 0 fully saturated rings. The van der Waals surface area contributed by atoms with Crippen molar-refractivity contribution in [2.45, 2.75) is 20.4 Å². The molecule has 2 aromatic rings. The van der Waals surface area contributed by atoms with E-state index in [1.807, 2.05) is 32.0 Å². The molecule has 0 atom stereocenters. The van der Waals surface area contributed by atoms with Crippen molar-refractivity contribution in [3.8, 4) is 11.8 Å². The van der Waals surface area contributed by atoms with Crippen LogP contribution in [-0.2, 0) is 6.54 Å². The summed E-state index contributed by atoms with van der Waals surface area (Å²) in [6.07, 6.45) is 2.96. The molecular weight excluding hydrogens is 242 g/mol. The second-order valence-electron chi connectivity index (χ2n) is 4.35. The molecule has 0 aliphatic carbocycles. The molecular formula is C14H13N3O2. The van der Waals surface area contributed by atoms with Crippen LogP contribution in [0.1, 0.15) is 11.1 Å². The van der Waals surface area contributed by atoms with Crippen LogP contribution < -0.4 is 11.1 Å². The predicted molar refractivity (Wildman–Crippen MR) is 71.4 cm³/mol. The normalized spacial score (nSPS) is 10.2. The van der Waals surface area contributed by atoms with Gasteiger partial charge in [-0.1, -0.05) is 17.7 Å². The first-order chi connectivity index (χ1) is 9.04. The minimum absolute atomic E-state index is 0.123. The molecule has 0 N–H and O–H groups in total. The summed E-state index contributed by atoms with van der Waals surface area (Å²) in [5.41, 5.74) is 1.34. The molecule has 1 aromatic carbocycles. The van der Waals surface area contributed by atoms with Crippen molar-refractivity contribution < 1.29 is 0 Å². The zero-order valence-electron chi connectivity index (χ0n) is 10.8. The third-order valence-electron chi connectivity index (χ3n) is 2.91. The maximum atomic E-state index is 12.0. The molecule has 5 nitrogen and oxygen atoms in total. The highest BCUT2D eigenvalue weighted by molar-refractivity contribution is 5.42. The average Bonchev–Trinajstić information content (AvgIpc) is 2.37. The lowest BCUT2D eigenvalue weighted by atomic mass is 10.1. The van der Waals surface area contributed by atoms with Gasteiger partial charge in [0.05, 0.1) is 11.8 Å². The Morgan fingerprint density at radius 1 is 1.16 bits per heavy atom. The van der Waals surface area contributed by atoms with Gasteiger partial charge in [-0.25, -0.2) is 0 Å². The van der Waals surface area contributed by atoms with E-state index in [0.29, 0.717) is 5.69 Å². The lowest BCUT2D eigenvalue weighted by Crippen LogP contribution is -2.40. The van der Waals surface area contributed by atoms with Crippen LogP contribution in [0.4, 0.5) is 0 Å². The van der Waals surface area contributed by atoms with Gasteiger partial charge in [0.15, 0.2) is 0 Å². The third-order valence-corrected chi connectivity index (χ3v) is 2.91. The number of aryl methyl sites for hydroxylation is 2. The molecule has 96 valence electrons. The smallest absolute Gasteiger partial charge is 0.295 e. The Morgan fingerprint density at radius 2 is 1.89 bits per heavy atom. The standard InChI is InChI=1S/C14H13N3O2/c1-10-3-4-12(11(2)9-10)17-8-7-16(6-5-15)13(18)14(17)19/h3-4,7-9H,6H2,1-2H3. The van der Waals surface area contributed by atoms with Crippen LogP contribution in [0.15, 0.2) is 40.2 Å². The molecule has 0 aliphatic rings. The van der Waals surface area contributed by atoms with E-state index >= 15 is 0 Å². The highest BCUT2D eigenvalue weighted by atomic mass is 16.2. The molecule has 1 aromatic heterocycles. The highest BCUT2D eigenvalue weighted by Crippen LogP contribution is 2.13. The molecule has 0 spiro atoms. The first kappa shape index (κ1) is 12.8.